The van der Waals surface area contributed by atoms with E-state index in [9.17, 15) is 4.39 Å². The summed E-state index contributed by atoms with van der Waals surface area (Å²) in [6, 6.07) is 11.9. The molecule has 1 aromatic heterocycles. The van der Waals surface area contributed by atoms with Gasteiger partial charge in [0.25, 0.3) is 0 Å². The van der Waals surface area contributed by atoms with Crippen LogP contribution in [0.3, 0.4) is 0 Å². The molecule has 17 heavy (non-hydrogen) atoms. The fraction of sp³-hybridized carbons (Fsp3) is 0. The van der Waals surface area contributed by atoms with Gasteiger partial charge in [0.15, 0.2) is 5.76 Å². The molecular weight excluding hydrogens is 285 g/mol. The standard InChI is InChI=1S/C13H7BrFNO/c14-9-3-6-11-12(7-9)16-17-13(11)8-1-4-10(15)5-2-8/h1-7H. The lowest BCUT2D eigenvalue weighted by Crippen LogP contribution is -1.77. The zero-order chi connectivity index (χ0) is 11.8. The van der Waals surface area contributed by atoms with Crippen molar-refractivity contribution >= 4 is 26.8 Å². The molecule has 3 rings (SSSR count). The summed E-state index contributed by atoms with van der Waals surface area (Å²) in [5.41, 5.74) is 1.59. The maximum atomic E-state index is 12.8. The number of hydrogen-bond acceptors (Lipinski definition) is 2. The SMILES string of the molecule is Fc1ccc(-c2onc3cc(Br)ccc23)cc1. The third kappa shape index (κ3) is 1.85. The molecule has 2 aromatic carbocycles. The van der Waals surface area contributed by atoms with Crippen molar-refractivity contribution in [1.29, 1.82) is 0 Å². The van der Waals surface area contributed by atoms with Crippen LogP contribution in [0.1, 0.15) is 0 Å². The van der Waals surface area contributed by atoms with E-state index in [1.165, 1.54) is 12.1 Å². The molecule has 3 aromatic rings. The summed E-state index contributed by atoms with van der Waals surface area (Å²) >= 11 is 3.38. The maximum absolute atomic E-state index is 12.8. The Morgan fingerprint density at radius 1 is 1.06 bits per heavy atom. The van der Waals surface area contributed by atoms with Crippen molar-refractivity contribution in [2.24, 2.45) is 0 Å². The molecule has 0 saturated carbocycles. The largest absolute Gasteiger partial charge is 0.355 e. The van der Waals surface area contributed by atoms with Crippen LogP contribution in [0.5, 0.6) is 0 Å². The minimum atomic E-state index is -0.264. The Morgan fingerprint density at radius 3 is 2.59 bits per heavy atom. The van der Waals surface area contributed by atoms with E-state index in [2.05, 4.69) is 21.1 Å². The predicted molar refractivity (Wildman–Crippen MR) is 67.1 cm³/mol. The van der Waals surface area contributed by atoms with E-state index in [0.29, 0.717) is 5.76 Å². The molecule has 1 heterocycles. The van der Waals surface area contributed by atoms with Gasteiger partial charge in [0.1, 0.15) is 11.3 Å². The first-order valence-electron chi connectivity index (χ1n) is 5.05. The normalized spacial score (nSPS) is 10.9. The van der Waals surface area contributed by atoms with Gasteiger partial charge in [-0.05, 0) is 42.5 Å². The molecule has 84 valence electrons. The quantitative estimate of drug-likeness (QED) is 0.664. The second-order valence-electron chi connectivity index (χ2n) is 3.68. The highest BCUT2D eigenvalue weighted by atomic mass is 79.9. The van der Waals surface area contributed by atoms with Gasteiger partial charge in [0.2, 0.25) is 0 Å². The zero-order valence-electron chi connectivity index (χ0n) is 8.65. The van der Waals surface area contributed by atoms with E-state index in [1.54, 1.807) is 12.1 Å². The van der Waals surface area contributed by atoms with E-state index < -0.39 is 0 Å². The smallest absolute Gasteiger partial charge is 0.174 e. The number of nitrogens with zero attached hydrogens (tertiary/aromatic N) is 1. The Labute approximate surface area is 105 Å². The first-order valence-corrected chi connectivity index (χ1v) is 5.84. The molecule has 0 aliphatic rings. The first-order chi connectivity index (χ1) is 8.24. The molecule has 0 spiro atoms. The Kier molecular flexibility index (Phi) is 2.44. The molecule has 0 fully saturated rings. The van der Waals surface area contributed by atoms with Crippen molar-refractivity contribution in [2.45, 2.75) is 0 Å². The Balaban J connectivity index is 2.21. The molecule has 2 nitrogen and oxygen atoms in total. The molecule has 0 amide bonds. The monoisotopic (exact) mass is 291 g/mol. The molecule has 0 N–H and O–H groups in total. The van der Waals surface area contributed by atoms with Crippen LogP contribution < -0.4 is 0 Å². The summed E-state index contributed by atoms with van der Waals surface area (Å²) in [4.78, 5) is 0. The molecule has 4 heteroatoms. The van der Waals surface area contributed by atoms with Gasteiger partial charge in [-0.3, -0.25) is 0 Å². The molecule has 0 bridgehead atoms. The fourth-order valence-electron chi connectivity index (χ4n) is 1.73. The van der Waals surface area contributed by atoms with Crippen molar-refractivity contribution in [3.05, 3.63) is 52.8 Å². The van der Waals surface area contributed by atoms with Gasteiger partial charge in [0, 0.05) is 15.4 Å². The molecule has 0 atom stereocenters. The second-order valence-corrected chi connectivity index (χ2v) is 4.60. The predicted octanol–water partition coefficient (Wildman–Crippen LogP) is 4.40. The Morgan fingerprint density at radius 2 is 1.82 bits per heavy atom. The van der Waals surface area contributed by atoms with Crippen LogP contribution in [0.4, 0.5) is 4.39 Å². The number of aromatic nitrogens is 1. The average Bonchev–Trinajstić information content (AvgIpc) is 2.73. The topological polar surface area (TPSA) is 26.0 Å². The van der Waals surface area contributed by atoms with Crippen molar-refractivity contribution in [1.82, 2.24) is 5.16 Å². The molecule has 0 unspecified atom stereocenters. The summed E-state index contributed by atoms with van der Waals surface area (Å²) in [5, 5.41) is 4.90. The summed E-state index contributed by atoms with van der Waals surface area (Å²) < 4.78 is 19.1. The van der Waals surface area contributed by atoms with Crippen LogP contribution in [0.2, 0.25) is 0 Å². The number of hydrogen-bond donors (Lipinski definition) is 0. The summed E-state index contributed by atoms with van der Waals surface area (Å²) in [6.45, 7) is 0. The minimum Gasteiger partial charge on any atom is -0.355 e. The minimum absolute atomic E-state index is 0.264. The number of halogens is 2. The fourth-order valence-corrected chi connectivity index (χ4v) is 2.07. The number of benzene rings is 2. The van der Waals surface area contributed by atoms with Crippen LogP contribution in [-0.2, 0) is 0 Å². The molecule has 0 aliphatic heterocycles. The van der Waals surface area contributed by atoms with Crippen molar-refractivity contribution in [2.75, 3.05) is 0 Å². The van der Waals surface area contributed by atoms with Crippen LogP contribution in [0, 0.1) is 5.82 Å². The lowest BCUT2D eigenvalue weighted by molar-refractivity contribution is 0.441. The van der Waals surface area contributed by atoms with Gasteiger partial charge >= 0.3 is 0 Å². The van der Waals surface area contributed by atoms with Crippen molar-refractivity contribution in [3.63, 3.8) is 0 Å². The van der Waals surface area contributed by atoms with Gasteiger partial charge in [-0.25, -0.2) is 4.39 Å². The molecule has 0 saturated heterocycles. The summed E-state index contributed by atoms with van der Waals surface area (Å²) in [7, 11) is 0. The molecule has 0 aliphatic carbocycles. The lowest BCUT2D eigenvalue weighted by Gasteiger charge is -1.96. The second kappa shape index (κ2) is 3.96. The van der Waals surface area contributed by atoms with Crippen molar-refractivity contribution < 1.29 is 8.91 Å². The van der Waals surface area contributed by atoms with Crippen molar-refractivity contribution in [3.8, 4) is 11.3 Å². The van der Waals surface area contributed by atoms with Gasteiger partial charge in [0.05, 0.1) is 0 Å². The third-order valence-corrected chi connectivity index (χ3v) is 3.04. The number of rotatable bonds is 1. The van der Waals surface area contributed by atoms with Gasteiger partial charge in [-0.15, -0.1) is 0 Å². The lowest BCUT2D eigenvalue weighted by atomic mass is 10.1. The van der Waals surface area contributed by atoms with E-state index >= 15 is 0 Å². The highest BCUT2D eigenvalue weighted by molar-refractivity contribution is 9.10. The van der Waals surface area contributed by atoms with Crippen LogP contribution in [-0.4, -0.2) is 5.16 Å². The Hall–Kier alpha value is -1.68. The number of fused-ring (bicyclic) bond motifs is 1. The van der Waals surface area contributed by atoms with E-state index in [1.807, 2.05) is 18.2 Å². The van der Waals surface area contributed by atoms with Gasteiger partial charge in [-0.2, -0.15) is 0 Å². The zero-order valence-corrected chi connectivity index (χ0v) is 10.2. The van der Waals surface area contributed by atoms with Gasteiger partial charge < -0.3 is 4.52 Å². The van der Waals surface area contributed by atoms with Crippen LogP contribution in [0.25, 0.3) is 22.2 Å². The van der Waals surface area contributed by atoms with Crippen LogP contribution >= 0.6 is 15.9 Å². The highest BCUT2D eigenvalue weighted by Gasteiger charge is 2.10. The average molecular weight is 292 g/mol. The Bertz CT molecular complexity index is 675. The van der Waals surface area contributed by atoms with Crippen LogP contribution in [0.15, 0.2) is 51.5 Å². The first kappa shape index (κ1) is 10.5. The highest BCUT2D eigenvalue weighted by Crippen LogP contribution is 2.30. The van der Waals surface area contributed by atoms with Gasteiger partial charge in [-0.1, -0.05) is 21.1 Å². The molecular formula is C13H7BrFNO. The molecule has 0 radical (unpaired) electrons. The van der Waals surface area contributed by atoms with E-state index in [4.69, 9.17) is 4.52 Å². The third-order valence-electron chi connectivity index (χ3n) is 2.55. The van der Waals surface area contributed by atoms with E-state index in [-0.39, 0.29) is 5.82 Å². The van der Waals surface area contributed by atoms with E-state index in [0.717, 1.165) is 20.9 Å². The summed E-state index contributed by atoms with van der Waals surface area (Å²) in [6.07, 6.45) is 0. The maximum Gasteiger partial charge on any atom is 0.174 e. The summed E-state index contributed by atoms with van der Waals surface area (Å²) in [5.74, 6) is 0.396.